The number of methoxy groups -OCH3 is 2. The van der Waals surface area contributed by atoms with Crippen molar-refractivity contribution in [2.24, 2.45) is 0 Å². The standard InChI is InChI=1S/C18H24ClN3O2/c1-12-10-20-21-17(12)13-6-8-22(9-7-13)11-14-4-5-15(23-2)18(24-3)16(14)19/h4-5,10,13H,6-9,11H2,1-3H3,(H,20,21). The van der Waals surface area contributed by atoms with Gasteiger partial charge in [-0.05, 0) is 50.0 Å². The molecule has 24 heavy (non-hydrogen) atoms. The van der Waals surface area contributed by atoms with E-state index in [0.717, 1.165) is 38.0 Å². The zero-order chi connectivity index (χ0) is 17.1. The summed E-state index contributed by atoms with van der Waals surface area (Å²) in [6.07, 6.45) is 4.17. The van der Waals surface area contributed by atoms with Crippen molar-refractivity contribution in [2.75, 3.05) is 27.3 Å². The second-order valence-corrected chi connectivity index (χ2v) is 6.67. The molecule has 0 unspecified atom stereocenters. The zero-order valence-corrected chi connectivity index (χ0v) is 15.2. The van der Waals surface area contributed by atoms with Crippen molar-refractivity contribution in [1.82, 2.24) is 15.1 Å². The summed E-state index contributed by atoms with van der Waals surface area (Å²) in [5.41, 5.74) is 3.63. The van der Waals surface area contributed by atoms with E-state index in [-0.39, 0.29) is 0 Å². The first kappa shape index (κ1) is 17.1. The van der Waals surface area contributed by atoms with E-state index < -0.39 is 0 Å². The third-order valence-electron chi connectivity index (χ3n) is 4.82. The monoisotopic (exact) mass is 349 g/mol. The van der Waals surface area contributed by atoms with Gasteiger partial charge in [0.05, 0.1) is 25.4 Å². The Morgan fingerprint density at radius 3 is 2.58 bits per heavy atom. The molecule has 0 saturated carbocycles. The molecule has 1 aliphatic heterocycles. The van der Waals surface area contributed by atoms with Crippen LogP contribution in [0.15, 0.2) is 18.3 Å². The van der Waals surface area contributed by atoms with E-state index in [0.29, 0.717) is 22.4 Å². The fourth-order valence-electron chi connectivity index (χ4n) is 3.44. The Kier molecular flexibility index (Phi) is 5.31. The molecule has 130 valence electrons. The van der Waals surface area contributed by atoms with Crippen LogP contribution in [0.3, 0.4) is 0 Å². The van der Waals surface area contributed by atoms with Crippen LogP contribution in [-0.4, -0.2) is 42.4 Å². The van der Waals surface area contributed by atoms with Crippen molar-refractivity contribution >= 4 is 11.6 Å². The number of H-pyrrole nitrogens is 1. The minimum atomic E-state index is 0.574. The van der Waals surface area contributed by atoms with Gasteiger partial charge in [0.15, 0.2) is 11.5 Å². The molecular formula is C18H24ClN3O2. The van der Waals surface area contributed by atoms with Crippen molar-refractivity contribution in [2.45, 2.75) is 32.2 Å². The number of nitrogens with zero attached hydrogens (tertiary/aromatic N) is 2. The molecule has 3 rings (SSSR count). The van der Waals surface area contributed by atoms with Gasteiger partial charge in [0.25, 0.3) is 0 Å². The number of nitrogens with one attached hydrogen (secondary N) is 1. The van der Waals surface area contributed by atoms with Crippen molar-refractivity contribution in [3.05, 3.63) is 40.2 Å². The highest BCUT2D eigenvalue weighted by Gasteiger charge is 2.24. The van der Waals surface area contributed by atoms with Crippen LogP contribution in [0.1, 0.15) is 35.6 Å². The molecule has 1 saturated heterocycles. The van der Waals surface area contributed by atoms with Gasteiger partial charge in [0.1, 0.15) is 0 Å². The van der Waals surface area contributed by atoms with Gasteiger partial charge in [-0.3, -0.25) is 10.00 Å². The molecule has 6 heteroatoms. The molecule has 1 aromatic carbocycles. The molecule has 0 amide bonds. The van der Waals surface area contributed by atoms with Crippen LogP contribution in [-0.2, 0) is 6.54 Å². The maximum Gasteiger partial charge on any atom is 0.179 e. The first-order valence-electron chi connectivity index (χ1n) is 8.25. The maximum absolute atomic E-state index is 6.50. The van der Waals surface area contributed by atoms with E-state index in [1.54, 1.807) is 14.2 Å². The molecule has 1 aromatic heterocycles. The van der Waals surface area contributed by atoms with Crippen LogP contribution in [0, 0.1) is 6.92 Å². The number of hydrogen-bond donors (Lipinski definition) is 1. The number of likely N-dealkylation sites (tertiary alicyclic amines) is 1. The Labute approximate surface area is 147 Å². The fraction of sp³-hybridized carbons (Fsp3) is 0.500. The Balaban J connectivity index is 1.65. The SMILES string of the molecule is COc1ccc(CN2CCC(c3[nH]ncc3C)CC2)c(Cl)c1OC. The molecule has 1 fully saturated rings. The highest BCUT2D eigenvalue weighted by molar-refractivity contribution is 6.33. The van der Waals surface area contributed by atoms with Gasteiger partial charge in [-0.1, -0.05) is 17.7 Å². The van der Waals surface area contributed by atoms with E-state index in [4.69, 9.17) is 21.1 Å². The lowest BCUT2D eigenvalue weighted by Crippen LogP contribution is -2.32. The van der Waals surface area contributed by atoms with E-state index in [1.807, 2.05) is 18.3 Å². The molecule has 2 heterocycles. The topological polar surface area (TPSA) is 50.4 Å². The number of hydrogen-bond acceptors (Lipinski definition) is 4. The second-order valence-electron chi connectivity index (χ2n) is 6.29. The number of ether oxygens (including phenoxy) is 2. The molecule has 2 aromatic rings. The van der Waals surface area contributed by atoms with Crippen LogP contribution in [0.5, 0.6) is 11.5 Å². The quantitative estimate of drug-likeness (QED) is 0.892. The number of aromatic amines is 1. The first-order chi connectivity index (χ1) is 11.6. The normalized spacial score (nSPS) is 16.3. The Bertz CT molecular complexity index is 694. The largest absolute Gasteiger partial charge is 0.493 e. The van der Waals surface area contributed by atoms with Crippen molar-refractivity contribution in [1.29, 1.82) is 0 Å². The number of halogens is 1. The summed E-state index contributed by atoms with van der Waals surface area (Å²) < 4.78 is 10.7. The summed E-state index contributed by atoms with van der Waals surface area (Å²) in [6.45, 7) is 5.05. The summed E-state index contributed by atoms with van der Waals surface area (Å²) in [7, 11) is 3.24. The number of piperidine rings is 1. The third kappa shape index (κ3) is 3.37. The smallest absolute Gasteiger partial charge is 0.179 e. The van der Waals surface area contributed by atoms with E-state index >= 15 is 0 Å². The average Bonchev–Trinajstić information content (AvgIpc) is 3.03. The summed E-state index contributed by atoms with van der Waals surface area (Å²) in [4.78, 5) is 2.44. The number of aryl methyl sites for hydroxylation is 1. The van der Waals surface area contributed by atoms with Crippen molar-refractivity contribution in [3.8, 4) is 11.5 Å². The predicted octanol–water partition coefficient (Wildman–Crippen LogP) is 3.77. The Hall–Kier alpha value is -1.72. The summed E-state index contributed by atoms with van der Waals surface area (Å²) in [5, 5.41) is 7.95. The lowest BCUT2D eigenvalue weighted by Gasteiger charge is -2.32. The third-order valence-corrected chi connectivity index (χ3v) is 5.24. The van der Waals surface area contributed by atoms with Gasteiger partial charge in [-0.25, -0.2) is 0 Å². The van der Waals surface area contributed by atoms with Gasteiger partial charge >= 0.3 is 0 Å². The summed E-state index contributed by atoms with van der Waals surface area (Å²) in [5.74, 6) is 1.85. The van der Waals surface area contributed by atoms with Crippen molar-refractivity contribution in [3.63, 3.8) is 0 Å². The number of rotatable bonds is 5. The van der Waals surface area contributed by atoms with Gasteiger partial charge in [-0.15, -0.1) is 0 Å². The Morgan fingerprint density at radius 2 is 2.00 bits per heavy atom. The molecule has 0 spiro atoms. The van der Waals surface area contributed by atoms with E-state index in [9.17, 15) is 0 Å². The molecule has 0 aliphatic carbocycles. The second kappa shape index (κ2) is 7.45. The minimum absolute atomic E-state index is 0.574. The summed E-state index contributed by atoms with van der Waals surface area (Å²) >= 11 is 6.50. The van der Waals surface area contributed by atoms with Crippen LogP contribution >= 0.6 is 11.6 Å². The highest BCUT2D eigenvalue weighted by atomic mass is 35.5. The number of aromatic nitrogens is 2. The van der Waals surface area contributed by atoms with Crippen LogP contribution in [0.2, 0.25) is 5.02 Å². The number of benzene rings is 1. The maximum atomic E-state index is 6.50. The fourth-order valence-corrected chi connectivity index (χ4v) is 3.74. The van der Waals surface area contributed by atoms with E-state index in [1.165, 1.54) is 11.3 Å². The first-order valence-corrected chi connectivity index (χ1v) is 8.63. The molecule has 5 nitrogen and oxygen atoms in total. The summed E-state index contributed by atoms with van der Waals surface area (Å²) in [6, 6.07) is 3.94. The molecule has 1 aliphatic rings. The Morgan fingerprint density at radius 1 is 1.25 bits per heavy atom. The molecule has 1 N–H and O–H groups in total. The van der Waals surface area contributed by atoms with Crippen LogP contribution < -0.4 is 9.47 Å². The van der Waals surface area contributed by atoms with Gasteiger partial charge < -0.3 is 9.47 Å². The highest BCUT2D eigenvalue weighted by Crippen LogP contribution is 2.38. The predicted molar refractivity (Wildman–Crippen MR) is 95.1 cm³/mol. The van der Waals surface area contributed by atoms with Gasteiger partial charge in [0.2, 0.25) is 0 Å². The molecule has 0 radical (unpaired) electrons. The zero-order valence-electron chi connectivity index (χ0n) is 14.4. The molecular weight excluding hydrogens is 326 g/mol. The molecule has 0 atom stereocenters. The van der Waals surface area contributed by atoms with Crippen molar-refractivity contribution < 1.29 is 9.47 Å². The molecule has 0 bridgehead atoms. The minimum Gasteiger partial charge on any atom is -0.493 e. The van der Waals surface area contributed by atoms with Gasteiger partial charge in [0, 0.05) is 18.2 Å². The lowest BCUT2D eigenvalue weighted by molar-refractivity contribution is 0.203. The average molecular weight is 350 g/mol. The lowest BCUT2D eigenvalue weighted by atomic mass is 9.91. The van der Waals surface area contributed by atoms with Crippen LogP contribution in [0.4, 0.5) is 0 Å². The van der Waals surface area contributed by atoms with E-state index in [2.05, 4.69) is 22.0 Å². The van der Waals surface area contributed by atoms with Gasteiger partial charge in [-0.2, -0.15) is 5.10 Å². The van der Waals surface area contributed by atoms with Crippen LogP contribution in [0.25, 0.3) is 0 Å².